The minimum absolute atomic E-state index is 0.199. The van der Waals surface area contributed by atoms with Crippen LogP contribution in [0, 0.1) is 5.82 Å². The van der Waals surface area contributed by atoms with Gasteiger partial charge in [-0.1, -0.05) is 30.3 Å². The summed E-state index contributed by atoms with van der Waals surface area (Å²) >= 11 is 0. The lowest BCUT2D eigenvalue weighted by molar-refractivity contribution is 0.293. The first-order chi connectivity index (χ1) is 16.1. The van der Waals surface area contributed by atoms with Crippen LogP contribution in [0.3, 0.4) is 0 Å². The molecule has 0 amide bonds. The minimum Gasteiger partial charge on any atom is -0.497 e. The highest BCUT2D eigenvalue weighted by Crippen LogP contribution is 2.36. The molecule has 33 heavy (non-hydrogen) atoms. The normalized spacial score (nSPS) is 14.3. The van der Waals surface area contributed by atoms with E-state index in [0.29, 0.717) is 0 Å². The Morgan fingerprint density at radius 2 is 1.79 bits per heavy atom. The molecule has 0 unspecified atom stereocenters. The van der Waals surface area contributed by atoms with Crippen molar-refractivity contribution in [1.82, 2.24) is 4.90 Å². The first kappa shape index (κ1) is 21.3. The second-order valence-electron chi connectivity index (χ2n) is 8.28. The van der Waals surface area contributed by atoms with Crippen molar-refractivity contribution >= 4 is 16.5 Å². The molecule has 1 aliphatic heterocycles. The molecule has 0 bridgehead atoms. The average molecular weight is 444 g/mol. The number of halogens is 1. The summed E-state index contributed by atoms with van der Waals surface area (Å²) in [4.78, 5) is 2.40. The van der Waals surface area contributed by atoms with E-state index >= 15 is 0 Å². The Balaban J connectivity index is 1.37. The number of methoxy groups -OCH3 is 2. The zero-order chi connectivity index (χ0) is 22.8. The van der Waals surface area contributed by atoms with E-state index in [9.17, 15) is 4.39 Å². The van der Waals surface area contributed by atoms with Crippen molar-refractivity contribution in [3.8, 4) is 22.8 Å². The zero-order valence-corrected chi connectivity index (χ0v) is 18.8. The van der Waals surface area contributed by atoms with Gasteiger partial charge in [0.1, 0.15) is 17.3 Å². The molecule has 0 saturated carbocycles. The Hall–Kier alpha value is -3.57. The summed E-state index contributed by atoms with van der Waals surface area (Å²) < 4.78 is 30.4. The second kappa shape index (κ2) is 9.12. The molecule has 0 aliphatic carbocycles. The van der Waals surface area contributed by atoms with E-state index in [1.54, 1.807) is 14.2 Å². The van der Waals surface area contributed by atoms with Crippen molar-refractivity contribution in [1.29, 1.82) is 0 Å². The van der Waals surface area contributed by atoms with Crippen LogP contribution in [0.2, 0.25) is 0 Å². The number of benzene rings is 3. The molecule has 0 N–H and O–H groups in total. The molecule has 4 nitrogen and oxygen atoms in total. The molecule has 4 aromatic rings. The fourth-order valence-corrected chi connectivity index (χ4v) is 4.38. The number of nitrogens with zero attached hydrogens (tertiary/aromatic N) is 1. The lowest BCUT2D eigenvalue weighted by Gasteiger charge is -2.26. The molecule has 2 heterocycles. The zero-order valence-electron chi connectivity index (χ0n) is 18.8. The standard InChI is InChI=1S/C28H26FNO3/c1-31-25-5-3-4-22(16-25)26-17-23-14-19(15-27(32-2)28(23)33-26)18-30-12-10-21(11-13-30)20-6-8-24(29)9-7-20/h3-10,14-17H,11-13,18H2,1-2H3. The van der Waals surface area contributed by atoms with Crippen LogP contribution >= 0.6 is 0 Å². The summed E-state index contributed by atoms with van der Waals surface area (Å²) in [5.74, 6) is 2.11. The van der Waals surface area contributed by atoms with Crippen molar-refractivity contribution in [3.63, 3.8) is 0 Å². The molecule has 1 aliphatic rings. The van der Waals surface area contributed by atoms with Crippen LogP contribution in [0.4, 0.5) is 4.39 Å². The fourth-order valence-electron chi connectivity index (χ4n) is 4.38. The molecular weight excluding hydrogens is 417 g/mol. The topological polar surface area (TPSA) is 34.8 Å². The highest BCUT2D eigenvalue weighted by atomic mass is 19.1. The third-order valence-corrected chi connectivity index (χ3v) is 6.13. The highest BCUT2D eigenvalue weighted by molar-refractivity contribution is 5.88. The summed E-state index contributed by atoms with van der Waals surface area (Å²) in [5.41, 5.74) is 5.26. The minimum atomic E-state index is -0.199. The first-order valence-corrected chi connectivity index (χ1v) is 11.0. The number of fused-ring (bicyclic) bond motifs is 1. The molecule has 0 saturated heterocycles. The molecule has 168 valence electrons. The summed E-state index contributed by atoms with van der Waals surface area (Å²) in [7, 11) is 3.33. The Bertz CT molecular complexity index is 1310. The first-order valence-electron chi connectivity index (χ1n) is 11.0. The Morgan fingerprint density at radius 3 is 2.52 bits per heavy atom. The van der Waals surface area contributed by atoms with Gasteiger partial charge in [-0.2, -0.15) is 0 Å². The van der Waals surface area contributed by atoms with E-state index in [1.807, 2.05) is 36.4 Å². The molecule has 0 fully saturated rings. The van der Waals surface area contributed by atoms with Crippen LogP contribution in [0.5, 0.6) is 11.5 Å². The van der Waals surface area contributed by atoms with Gasteiger partial charge in [0.25, 0.3) is 0 Å². The third-order valence-electron chi connectivity index (χ3n) is 6.13. The summed E-state index contributed by atoms with van der Waals surface area (Å²) in [6.45, 7) is 2.62. The number of rotatable bonds is 6. The monoisotopic (exact) mass is 443 g/mol. The SMILES string of the molecule is COc1cccc(-c2cc3cc(CN4CC=C(c5ccc(F)cc5)CC4)cc(OC)c3o2)c1. The number of ether oxygens (including phenoxy) is 2. The number of hydrogen-bond acceptors (Lipinski definition) is 4. The Labute approximate surface area is 192 Å². The Morgan fingerprint density at radius 1 is 0.939 bits per heavy atom. The van der Waals surface area contributed by atoms with Crippen LogP contribution < -0.4 is 9.47 Å². The fraction of sp³-hybridized carbons (Fsp3) is 0.214. The third kappa shape index (κ3) is 4.50. The molecule has 1 aromatic heterocycles. The molecule has 5 heteroatoms. The molecule has 0 radical (unpaired) electrons. The van der Waals surface area contributed by atoms with Crippen LogP contribution in [0.25, 0.3) is 27.9 Å². The molecule has 5 rings (SSSR count). The van der Waals surface area contributed by atoms with Crippen molar-refractivity contribution < 1.29 is 18.3 Å². The maximum atomic E-state index is 13.2. The predicted octanol–water partition coefficient (Wildman–Crippen LogP) is 6.55. The van der Waals surface area contributed by atoms with E-state index in [2.05, 4.69) is 29.2 Å². The van der Waals surface area contributed by atoms with E-state index in [4.69, 9.17) is 13.9 Å². The van der Waals surface area contributed by atoms with E-state index in [1.165, 1.54) is 23.3 Å². The van der Waals surface area contributed by atoms with Crippen LogP contribution in [0.1, 0.15) is 17.5 Å². The van der Waals surface area contributed by atoms with Gasteiger partial charge in [0.2, 0.25) is 0 Å². The summed E-state index contributed by atoms with van der Waals surface area (Å²) in [6, 6.07) is 20.9. The van der Waals surface area contributed by atoms with Crippen molar-refractivity contribution in [3.05, 3.63) is 89.8 Å². The summed E-state index contributed by atoms with van der Waals surface area (Å²) in [5, 5.41) is 1.02. The van der Waals surface area contributed by atoms with E-state index in [-0.39, 0.29) is 5.82 Å². The maximum Gasteiger partial charge on any atom is 0.176 e. The van der Waals surface area contributed by atoms with Crippen molar-refractivity contribution in [2.45, 2.75) is 13.0 Å². The van der Waals surface area contributed by atoms with E-state index in [0.717, 1.165) is 65.4 Å². The summed E-state index contributed by atoms with van der Waals surface area (Å²) in [6.07, 6.45) is 3.18. The van der Waals surface area contributed by atoms with Gasteiger partial charge in [-0.15, -0.1) is 0 Å². The average Bonchev–Trinajstić information content (AvgIpc) is 3.29. The molecule has 3 aromatic carbocycles. The predicted molar refractivity (Wildman–Crippen MR) is 129 cm³/mol. The second-order valence-corrected chi connectivity index (χ2v) is 8.28. The van der Waals surface area contributed by atoms with Crippen LogP contribution in [-0.4, -0.2) is 32.2 Å². The van der Waals surface area contributed by atoms with Crippen LogP contribution in [0.15, 0.2) is 77.2 Å². The van der Waals surface area contributed by atoms with Gasteiger partial charge in [0.05, 0.1) is 14.2 Å². The lowest BCUT2D eigenvalue weighted by Crippen LogP contribution is -2.28. The van der Waals surface area contributed by atoms with Gasteiger partial charge >= 0.3 is 0 Å². The van der Waals surface area contributed by atoms with Gasteiger partial charge in [-0.25, -0.2) is 4.39 Å². The lowest BCUT2D eigenvalue weighted by atomic mass is 9.99. The number of hydrogen-bond donors (Lipinski definition) is 0. The van der Waals surface area contributed by atoms with Crippen molar-refractivity contribution in [2.75, 3.05) is 27.3 Å². The largest absolute Gasteiger partial charge is 0.497 e. The molecular formula is C28H26FNO3. The van der Waals surface area contributed by atoms with Gasteiger partial charge in [-0.3, -0.25) is 4.90 Å². The molecule has 0 spiro atoms. The molecule has 0 atom stereocenters. The quantitative estimate of drug-likeness (QED) is 0.339. The van der Waals surface area contributed by atoms with Gasteiger partial charge < -0.3 is 13.9 Å². The highest BCUT2D eigenvalue weighted by Gasteiger charge is 2.17. The Kier molecular flexibility index (Phi) is 5.88. The smallest absolute Gasteiger partial charge is 0.176 e. The van der Waals surface area contributed by atoms with Crippen LogP contribution in [-0.2, 0) is 6.54 Å². The van der Waals surface area contributed by atoms with Gasteiger partial charge in [0, 0.05) is 30.6 Å². The van der Waals surface area contributed by atoms with E-state index < -0.39 is 0 Å². The van der Waals surface area contributed by atoms with Gasteiger partial charge in [0.15, 0.2) is 11.3 Å². The maximum absolute atomic E-state index is 13.2. The number of furan rings is 1. The van der Waals surface area contributed by atoms with Crippen molar-refractivity contribution in [2.24, 2.45) is 0 Å². The van der Waals surface area contributed by atoms with Gasteiger partial charge in [-0.05, 0) is 65.6 Å².